The van der Waals surface area contributed by atoms with E-state index in [1.165, 1.54) is 0 Å². The highest BCUT2D eigenvalue weighted by molar-refractivity contribution is 5.92. The van der Waals surface area contributed by atoms with Crippen molar-refractivity contribution in [3.8, 4) is 5.75 Å². The Morgan fingerprint density at radius 3 is 2.87 bits per heavy atom. The highest BCUT2D eigenvalue weighted by Gasteiger charge is 2.32. The van der Waals surface area contributed by atoms with Crippen molar-refractivity contribution in [1.29, 1.82) is 0 Å². The van der Waals surface area contributed by atoms with Gasteiger partial charge in [-0.3, -0.25) is 4.79 Å². The molecule has 0 spiro atoms. The van der Waals surface area contributed by atoms with Crippen LogP contribution in [0, 0.1) is 0 Å². The summed E-state index contributed by atoms with van der Waals surface area (Å²) in [6.07, 6.45) is 3.75. The van der Waals surface area contributed by atoms with E-state index in [1.807, 2.05) is 29.2 Å². The fourth-order valence-corrected chi connectivity index (χ4v) is 3.11. The van der Waals surface area contributed by atoms with E-state index >= 15 is 0 Å². The van der Waals surface area contributed by atoms with Gasteiger partial charge in [0.2, 0.25) is 0 Å². The van der Waals surface area contributed by atoms with Crippen LogP contribution in [-0.4, -0.2) is 29.6 Å². The predicted molar refractivity (Wildman–Crippen MR) is 86.5 cm³/mol. The van der Waals surface area contributed by atoms with Crippen LogP contribution >= 0.6 is 0 Å². The number of hydrogen-bond donors (Lipinski definition) is 0. The Morgan fingerprint density at radius 1 is 1.39 bits per heavy atom. The molecule has 1 aromatic heterocycles. The molecule has 0 unspecified atom stereocenters. The molecule has 1 amide bonds. The van der Waals surface area contributed by atoms with Gasteiger partial charge in [-0.25, -0.2) is 0 Å². The lowest BCUT2D eigenvalue weighted by Crippen LogP contribution is -2.30. The lowest BCUT2D eigenvalue weighted by molar-refractivity contribution is 0.0725. The largest absolute Gasteiger partial charge is 0.497 e. The van der Waals surface area contributed by atoms with Crippen molar-refractivity contribution < 1.29 is 14.1 Å². The van der Waals surface area contributed by atoms with Gasteiger partial charge in [-0.1, -0.05) is 24.2 Å². The standard InChI is InChI=1S/C18H22N2O3/c1-3-5-15-12-16(19-23-15)18(21)20-11-4-6-17(20)13-7-9-14(22-2)10-8-13/h7-10,12,17H,3-6,11H2,1-2H3/t17-/m0/s1. The maximum Gasteiger partial charge on any atom is 0.276 e. The van der Waals surface area contributed by atoms with Gasteiger partial charge in [0, 0.05) is 19.0 Å². The maximum absolute atomic E-state index is 12.8. The lowest BCUT2D eigenvalue weighted by Gasteiger charge is -2.24. The molecule has 122 valence electrons. The SMILES string of the molecule is CCCc1cc(C(=O)N2CCC[C@H]2c2ccc(OC)cc2)no1. The van der Waals surface area contributed by atoms with Crippen molar-refractivity contribution in [3.63, 3.8) is 0 Å². The zero-order valence-corrected chi connectivity index (χ0v) is 13.6. The number of ether oxygens (including phenoxy) is 1. The van der Waals surface area contributed by atoms with Crippen LogP contribution < -0.4 is 4.74 Å². The number of benzene rings is 1. The van der Waals surface area contributed by atoms with E-state index in [0.29, 0.717) is 5.69 Å². The molecule has 23 heavy (non-hydrogen) atoms. The van der Waals surface area contributed by atoms with E-state index < -0.39 is 0 Å². The van der Waals surface area contributed by atoms with Gasteiger partial charge < -0.3 is 14.2 Å². The van der Waals surface area contributed by atoms with Crippen molar-refractivity contribution in [3.05, 3.63) is 47.3 Å². The summed E-state index contributed by atoms with van der Waals surface area (Å²) in [6, 6.07) is 9.80. The number of rotatable bonds is 5. The zero-order valence-electron chi connectivity index (χ0n) is 13.6. The highest BCUT2D eigenvalue weighted by Crippen LogP contribution is 2.33. The van der Waals surface area contributed by atoms with E-state index in [1.54, 1.807) is 13.2 Å². The van der Waals surface area contributed by atoms with Gasteiger partial charge in [0.05, 0.1) is 13.2 Å². The van der Waals surface area contributed by atoms with E-state index in [4.69, 9.17) is 9.26 Å². The quantitative estimate of drug-likeness (QED) is 0.846. The van der Waals surface area contributed by atoms with E-state index in [9.17, 15) is 4.79 Å². The monoisotopic (exact) mass is 314 g/mol. The van der Waals surface area contributed by atoms with Crippen LogP contribution in [0.4, 0.5) is 0 Å². The van der Waals surface area contributed by atoms with Gasteiger partial charge in [0.15, 0.2) is 5.69 Å². The van der Waals surface area contributed by atoms with E-state index in [2.05, 4.69) is 12.1 Å². The lowest BCUT2D eigenvalue weighted by atomic mass is 10.0. The molecule has 2 heterocycles. The first-order valence-electron chi connectivity index (χ1n) is 8.13. The number of carbonyl (C=O) groups is 1. The summed E-state index contributed by atoms with van der Waals surface area (Å²) in [4.78, 5) is 14.6. The molecule has 1 atom stereocenters. The van der Waals surface area contributed by atoms with Crippen LogP contribution in [0.25, 0.3) is 0 Å². The number of carbonyl (C=O) groups excluding carboxylic acids is 1. The topological polar surface area (TPSA) is 55.6 Å². The average molecular weight is 314 g/mol. The Morgan fingerprint density at radius 2 is 2.17 bits per heavy atom. The number of likely N-dealkylation sites (tertiary alicyclic amines) is 1. The fourth-order valence-electron chi connectivity index (χ4n) is 3.11. The van der Waals surface area contributed by atoms with Crippen molar-refractivity contribution >= 4 is 5.91 Å². The molecule has 0 bridgehead atoms. The van der Waals surface area contributed by atoms with Crippen molar-refractivity contribution in [2.45, 2.75) is 38.6 Å². The minimum absolute atomic E-state index is 0.0468. The minimum atomic E-state index is -0.0468. The zero-order chi connectivity index (χ0) is 16.2. The average Bonchev–Trinajstić information content (AvgIpc) is 3.24. The van der Waals surface area contributed by atoms with E-state index in [0.717, 1.165) is 49.3 Å². The van der Waals surface area contributed by atoms with Crippen molar-refractivity contribution in [2.75, 3.05) is 13.7 Å². The summed E-state index contributed by atoms with van der Waals surface area (Å²) in [5.74, 6) is 1.55. The first-order valence-corrected chi connectivity index (χ1v) is 8.13. The van der Waals surface area contributed by atoms with Gasteiger partial charge in [0.25, 0.3) is 5.91 Å². The molecule has 5 nitrogen and oxygen atoms in total. The number of amides is 1. The molecule has 1 aromatic carbocycles. The third-order valence-electron chi connectivity index (χ3n) is 4.29. The molecular weight excluding hydrogens is 292 g/mol. The normalized spacial score (nSPS) is 17.5. The number of aromatic nitrogens is 1. The molecule has 3 rings (SSSR count). The maximum atomic E-state index is 12.8. The van der Waals surface area contributed by atoms with Crippen LogP contribution in [-0.2, 0) is 6.42 Å². The Bertz CT molecular complexity index is 663. The number of aryl methyl sites for hydroxylation is 1. The molecule has 1 aliphatic rings. The molecule has 1 aliphatic heterocycles. The first-order chi connectivity index (χ1) is 11.2. The predicted octanol–water partition coefficient (Wildman–Crippen LogP) is 3.61. The molecule has 0 aliphatic carbocycles. The summed E-state index contributed by atoms with van der Waals surface area (Å²) in [5.41, 5.74) is 1.54. The Labute approximate surface area is 136 Å². The van der Waals surface area contributed by atoms with Gasteiger partial charge >= 0.3 is 0 Å². The summed E-state index contributed by atoms with van der Waals surface area (Å²) >= 11 is 0. The molecule has 0 saturated carbocycles. The summed E-state index contributed by atoms with van der Waals surface area (Å²) < 4.78 is 10.4. The Hall–Kier alpha value is -2.30. The first kappa shape index (κ1) is 15.6. The molecule has 0 N–H and O–H groups in total. The van der Waals surface area contributed by atoms with Crippen molar-refractivity contribution in [1.82, 2.24) is 10.1 Å². The second-order valence-corrected chi connectivity index (χ2v) is 5.86. The van der Waals surface area contributed by atoms with E-state index in [-0.39, 0.29) is 11.9 Å². The highest BCUT2D eigenvalue weighted by atomic mass is 16.5. The van der Waals surface area contributed by atoms with Crippen LogP contribution in [0.3, 0.4) is 0 Å². The third kappa shape index (κ3) is 3.23. The van der Waals surface area contributed by atoms with Gasteiger partial charge in [-0.05, 0) is 37.0 Å². The minimum Gasteiger partial charge on any atom is -0.497 e. The number of hydrogen-bond acceptors (Lipinski definition) is 4. The van der Waals surface area contributed by atoms with Crippen LogP contribution in [0.15, 0.2) is 34.9 Å². The summed E-state index contributed by atoms with van der Waals surface area (Å²) in [6.45, 7) is 2.83. The number of methoxy groups -OCH3 is 1. The second-order valence-electron chi connectivity index (χ2n) is 5.86. The fraction of sp³-hybridized carbons (Fsp3) is 0.444. The molecule has 5 heteroatoms. The van der Waals surface area contributed by atoms with Gasteiger partial charge in [-0.15, -0.1) is 0 Å². The van der Waals surface area contributed by atoms with Crippen LogP contribution in [0.5, 0.6) is 5.75 Å². The van der Waals surface area contributed by atoms with Gasteiger partial charge in [-0.2, -0.15) is 0 Å². The summed E-state index contributed by atoms with van der Waals surface area (Å²) in [5, 5.41) is 3.95. The Balaban J connectivity index is 1.78. The summed E-state index contributed by atoms with van der Waals surface area (Å²) in [7, 11) is 1.65. The third-order valence-corrected chi connectivity index (χ3v) is 4.29. The number of nitrogens with zero attached hydrogens (tertiary/aromatic N) is 2. The Kier molecular flexibility index (Phi) is 4.65. The van der Waals surface area contributed by atoms with Crippen LogP contribution in [0.2, 0.25) is 0 Å². The molecule has 2 aromatic rings. The second kappa shape index (κ2) is 6.86. The molecule has 1 saturated heterocycles. The van der Waals surface area contributed by atoms with Crippen molar-refractivity contribution in [2.24, 2.45) is 0 Å². The molecular formula is C18H22N2O3. The smallest absolute Gasteiger partial charge is 0.276 e. The van der Waals surface area contributed by atoms with Gasteiger partial charge in [0.1, 0.15) is 11.5 Å². The molecule has 0 radical (unpaired) electrons. The van der Waals surface area contributed by atoms with Crippen LogP contribution in [0.1, 0.15) is 54.0 Å². The molecule has 1 fully saturated rings.